The van der Waals surface area contributed by atoms with E-state index < -0.39 is 63.5 Å². The second kappa shape index (κ2) is 12.7. The molecule has 244 valence electrons. The van der Waals surface area contributed by atoms with Crippen molar-refractivity contribution in [1.29, 1.82) is 0 Å². The van der Waals surface area contributed by atoms with E-state index in [1.165, 1.54) is 42.5 Å². The van der Waals surface area contributed by atoms with Crippen molar-refractivity contribution < 1.29 is 44.3 Å². The van der Waals surface area contributed by atoms with Crippen LogP contribution in [-0.4, -0.2) is 0 Å². The molecular weight excluding hydrogens is 643 g/mol. The molecule has 1 nitrogen and oxygen atoms in total. The molecular formula is C38H23F9O. The fourth-order valence-corrected chi connectivity index (χ4v) is 5.55. The summed E-state index contributed by atoms with van der Waals surface area (Å²) < 4.78 is 136. The fraction of sp³-hybridized carbons (Fsp3) is 0.105. The lowest BCUT2D eigenvalue weighted by Gasteiger charge is -2.20. The van der Waals surface area contributed by atoms with Gasteiger partial charge in [-0.25, -0.2) is 30.7 Å². The average Bonchev–Trinajstić information content (AvgIpc) is 3.04. The Morgan fingerprint density at radius 2 is 1.12 bits per heavy atom. The first-order chi connectivity index (χ1) is 22.9. The Hall–Kier alpha value is -5.25. The minimum atomic E-state index is -4.59. The van der Waals surface area contributed by atoms with Gasteiger partial charge in [0.25, 0.3) is 0 Å². The largest absolute Gasteiger partial charge is 0.432 e. The van der Waals surface area contributed by atoms with E-state index in [0.29, 0.717) is 35.9 Å². The lowest BCUT2D eigenvalue weighted by molar-refractivity contribution is -0.189. The van der Waals surface area contributed by atoms with Gasteiger partial charge < -0.3 is 4.74 Å². The van der Waals surface area contributed by atoms with Gasteiger partial charge in [0, 0.05) is 17.2 Å². The average molecular weight is 667 g/mol. The molecule has 0 saturated carbocycles. The van der Waals surface area contributed by atoms with E-state index in [0.717, 1.165) is 18.4 Å². The maximum atomic E-state index is 15.7. The fourth-order valence-electron chi connectivity index (χ4n) is 5.55. The van der Waals surface area contributed by atoms with Gasteiger partial charge in [0.2, 0.25) is 0 Å². The maximum absolute atomic E-state index is 15.7. The second-order valence-electron chi connectivity index (χ2n) is 11.1. The Morgan fingerprint density at radius 3 is 1.75 bits per heavy atom. The van der Waals surface area contributed by atoms with Crippen molar-refractivity contribution in [2.45, 2.75) is 25.9 Å². The first kappa shape index (κ1) is 32.7. The molecule has 48 heavy (non-hydrogen) atoms. The van der Waals surface area contributed by atoms with Crippen LogP contribution >= 0.6 is 0 Å². The second-order valence-corrected chi connectivity index (χ2v) is 11.1. The molecule has 6 aromatic rings. The van der Waals surface area contributed by atoms with Crippen molar-refractivity contribution in [3.63, 3.8) is 0 Å². The number of halogens is 9. The highest BCUT2D eigenvalue weighted by Gasteiger charge is 2.41. The van der Waals surface area contributed by atoms with Gasteiger partial charge in [-0.1, -0.05) is 74.0 Å². The number of fused-ring (bicyclic) bond motifs is 1. The quantitative estimate of drug-likeness (QED) is 0.147. The van der Waals surface area contributed by atoms with Gasteiger partial charge in [-0.2, -0.15) is 8.78 Å². The van der Waals surface area contributed by atoms with Crippen molar-refractivity contribution in [3.05, 3.63) is 149 Å². The summed E-state index contributed by atoms with van der Waals surface area (Å²) in [5.41, 5.74) is -0.148. The topological polar surface area (TPSA) is 9.23 Å². The van der Waals surface area contributed by atoms with E-state index in [-0.39, 0.29) is 33.2 Å². The van der Waals surface area contributed by atoms with Crippen LogP contribution in [0.1, 0.15) is 24.5 Å². The molecule has 0 aliphatic rings. The standard InChI is InChI=1S/C38H23F9O/c1-2-3-20-4-6-23(7-5-20)28-16-24-12-14-27(35(43)33(24)37(45)36(28)44)22-10-8-21(9-11-22)25-17-31(41)34(32(42)18-25)38(46,47)48-26-13-15-29(39)30(40)19-26/h4-19H,2-3H2,1H3. The highest BCUT2D eigenvalue weighted by molar-refractivity contribution is 5.92. The van der Waals surface area contributed by atoms with Crippen LogP contribution in [0.5, 0.6) is 5.75 Å². The Bertz CT molecular complexity index is 2140. The van der Waals surface area contributed by atoms with E-state index in [9.17, 15) is 26.3 Å². The summed E-state index contributed by atoms with van der Waals surface area (Å²) in [7, 11) is 0. The molecule has 10 heteroatoms. The number of hydrogen-bond acceptors (Lipinski definition) is 1. The predicted octanol–water partition coefficient (Wildman–Crippen LogP) is 11.9. The molecule has 6 aromatic carbocycles. The van der Waals surface area contributed by atoms with Gasteiger partial charge in [0.05, 0.1) is 5.39 Å². The van der Waals surface area contributed by atoms with Crippen LogP contribution in [0.3, 0.4) is 0 Å². The number of ether oxygens (including phenoxy) is 1. The SMILES string of the molecule is CCCc1ccc(-c2cc3ccc(-c4ccc(-c5cc(F)c(C(F)(F)Oc6ccc(F)c(F)c6)c(F)c5)cc4)c(F)c3c(F)c2F)cc1. The molecule has 0 aliphatic heterocycles. The van der Waals surface area contributed by atoms with Crippen LogP contribution < -0.4 is 4.74 Å². The van der Waals surface area contributed by atoms with Crippen molar-refractivity contribution in [2.24, 2.45) is 0 Å². The van der Waals surface area contributed by atoms with Crippen LogP contribution in [0.4, 0.5) is 39.5 Å². The van der Waals surface area contributed by atoms with Crippen molar-refractivity contribution in [1.82, 2.24) is 0 Å². The van der Waals surface area contributed by atoms with E-state index in [1.54, 1.807) is 12.1 Å². The molecule has 0 fully saturated rings. The zero-order chi connectivity index (χ0) is 34.3. The minimum absolute atomic E-state index is 0.0151. The van der Waals surface area contributed by atoms with Gasteiger partial charge in [-0.05, 0) is 70.0 Å². The predicted molar refractivity (Wildman–Crippen MR) is 165 cm³/mol. The summed E-state index contributed by atoms with van der Waals surface area (Å²) in [5, 5.41) is -0.414. The number of hydrogen-bond donors (Lipinski definition) is 0. The summed E-state index contributed by atoms with van der Waals surface area (Å²) in [4.78, 5) is 0. The normalized spacial score (nSPS) is 11.7. The molecule has 0 heterocycles. The van der Waals surface area contributed by atoms with Crippen molar-refractivity contribution >= 4 is 10.8 Å². The van der Waals surface area contributed by atoms with Gasteiger partial charge in [-0.15, -0.1) is 0 Å². The summed E-state index contributed by atoms with van der Waals surface area (Å²) in [5.74, 6) is -10.6. The van der Waals surface area contributed by atoms with E-state index in [1.807, 2.05) is 19.1 Å². The molecule has 0 atom stereocenters. The molecule has 0 spiro atoms. The molecule has 0 N–H and O–H groups in total. The maximum Gasteiger partial charge on any atom is 0.432 e. The third-order valence-corrected chi connectivity index (χ3v) is 7.93. The molecule has 0 bridgehead atoms. The van der Waals surface area contributed by atoms with Crippen molar-refractivity contribution in [3.8, 4) is 39.1 Å². The van der Waals surface area contributed by atoms with E-state index >= 15 is 13.2 Å². The zero-order valence-corrected chi connectivity index (χ0v) is 25.0. The van der Waals surface area contributed by atoms with Crippen LogP contribution in [-0.2, 0) is 12.5 Å². The van der Waals surface area contributed by atoms with Crippen molar-refractivity contribution in [2.75, 3.05) is 0 Å². The Labute approximate surface area is 268 Å². The van der Waals surface area contributed by atoms with Crippen LogP contribution in [0.25, 0.3) is 44.2 Å². The molecule has 0 unspecified atom stereocenters. The highest BCUT2D eigenvalue weighted by atomic mass is 19.3. The van der Waals surface area contributed by atoms with Gasteiger partial charge in [0.15, 0.2) is 23.3 Å². The third kappa shape index (κ3) is 6.10. The molecule has 0 radical (unpaired) electrons. The Kier molecular flexibility index (Phi) is 8.68. The van der Waals surface area contributed by atoms with Gasteiger partial charge >= 0.3 is 6.11 Å². The minimum Gasteiger partial charge on any atom is -0.429 e. The van der Waals surface area contributed by atoms with Gasteiger partial charge in [0.1, 0.15) is 28.8 Å². The zero-order valence-electron chi connectivity index (χ0n) is 25.0. The number of aryl methyl sites for hydroxylation is 1. The summed E-state index contributed by atoms with van der Waals surface area (Å²) in [6.07, 6.45) is -2.83. The highest BCUT2D eigenvalue weighted by Crippen LogP contribution is 2.39. The number of rotatable bonds is 8. The van der Waals surface area contributed by atoms with Crippen LogP contribution in [0, 0.1) is 40.7 Å². The first-order valence-corrected chi connectivity index (χ1v) is 14.7. The smallest absolute Gasteiger partial charge is 0.429 e. The van der Waals surface area contributed by atoms with Crippen LogP contribution in [0.2, 0.25) is 0 Å². The molecule has 0 aliphatic carbocycles. The third-order valence-electron chi connectivity index (χ3n) is 7.93. The molecule has 6 rings (SSSR count). The Balaban J connectivity index is 1.29. The van der Waals surface area contributed by atoms with Crippen LogP contribution in [0.15, 0.2) is 97.1 Å². The molecule has 0 aromatic heterocycles. The van der Waals surface area contributed by atoms with E-state index in [2.05, 4.69) is 4.74 Å². The lowest BCUT2D eigenvalue weighted by Crippen LogP contribution is -2.25. The Morgan fingerprint density at radius 1 is 0.521 bits per heavy atom. The summed E-state index contributed by atoms with van der Waals surface area (Å²) >= 11 is 0. The first-order valence-electron chi connectivity index (χ1n) is 14.7. The molecule has 0 saturated heterocycles. The lowest BCUT2D eigenvalue weighted by atomic mass is 9.94. The summed E-state index contributed by atoms with van der Waals surface area (Å²) in [6.45, 7) is 2.03. The van der Waals surface area contributed by atoms with Gasteiger partial charge in [-0.3, -0.25) is 0 Å². The number of alkyl halides is 2. The van der Waals surface area contributed by atoms with E-state index in [4.69, 9.17) is 0 Å². The summed E-state index contributed by atoms with van der Waals surface area (Å²) in [6, 6.07) is 19.4. The monoisotopic (exact) mass is 666 g/mol. The number of benzene rings is 6. The molecule has 0 amide bonds.